The molecule has 1 aliphatic rings. The van der Waals surface area contributed by atoms with E-state index in [2.05, 4.69) is 4.98 Å². The highest BCUT2D eigenvalue weighted by Gasteiger charge is 2.37. The van der Waals surface area contributed by atoms with Crippen molar-refractivity contribution in [2.75, 3.05) is 25.6 Å². The van der Waals surface area contributed by atoms with Gasteiger partial charge < -0.3 is 10.5 Å². The Kier molecular flexibility index (Phi) is 9.24. The Bertz CT molecular complexity index is 778. The lowest BCUT2D eigenvalue weighted by Gasteiger charge is -2.23. The Morgan fingerprint density at radius 2 is 1.72 bits per heavy atom. The average Bonchev–Trinajstić information content (AvgIpc) is 3.04. The number of nitrogen functional groups attached to an aromatic ring is 1. The first-order valence-electron chi connectivity index (χ1n) is 7.94. The Morgan fingerprint density at radius 1 is 1.14 bits per heavy atom. The molecule has 2 atom stereocenters. The highest BCUT2D eigenvalue weighted by atomic mass is 35.6. The number of rotatable bonds is 8. The second-order valence-corrected chi connectivity index (χ2v) is 12.6. The van der Waals surface area contributed by atoms with Gasteiger partial charge in [0.25, 0.3) is 0 Å². The molecule has 1 aromatic rings. The number of alkyl halides is 6. The van der Waals surface area contributed by atoms with Gasteiger partial charge in [-0.15, -0.1) is 0 Å². The van der Waals surface area contributed by atoms with Crippen molar-refractivity contribution in [3.05, 3.63) is 22.7 Å². The number of nitrogens with two attached hydrogens (primary N) is 1. The summed E-state index contributed by atoms with van der Waals surface area (Å²) in [5, 5.41) is 0. The number of aromatic nitrogens is 2. The quantitative estimate of drug-likeness (QED) is 0.372. The zero-order valence-corrected chi connectivity index (χ0v) is 19.9. The largest absolute Gasteiger partial charge is 0.475 e. The normalized spacial score (nSPS) is 20.9. The zero-order valence-electron chi connectivity index (χ0n) is 14.5. The molecule has 0 unspecified atom stereocenters. The molecule has 1 aromatic heterocycles. The molecule has 29 heavy (non-hydrogen) atoms. The van der Waals surface area contributed by atoms with Crippen molar-refractivity contribution in [1.82, 2.24) is 9.55 Å². The SMILES string of the molecule is Nc1ccn([C@H]2CC[C@@H](COP(=O)(OCC(Cl)(Cl)Cl)OCC(Cl)(Cl)Cl)O2)c(=O)n1. The number of hydrogen-bond acceptors (Lipinski definition) is 8. The minimum Gasteiger partial charge on any atom is -0.383 e. The molecular weight excluding hydrogens is 538 g/mol. The predicted molar refractivity (Wildman–Crippen MR) is 112 cm³/mol. The summed E-state index contributed by atoms with van der Waals surface area (Å²) < 4.78 is 31.3. The van der Waals surface area contributed by atoms with Gasteiger partial charge in [-0.25, -0.2) is 9.36 Å². The van der Waals surface area contributed by atoms with E-state index in [9.17, 15) is 9.36 Å². The Labute approximate surface area is 196 Å². The van der Waals surface area contributed by atoms with Crippen LogP contribution in [0.3, 0.4) is 0 Å². The summed E-state index contributed by atoms with van der Waals surface area (Å²) in [7, 11) is -4.26. The van der Waals surface area contributed by atoms with E-state index in [4.69, 9.17) is 93.6 Å². The molecule has 0 amide bonds. The van der Waals surface area contributed by atoms with Crippen LogP contribution in [-0.2, 0) is 22.9 Å². The molecule has 1 aliphatic heterocycles. The Hall–Kier alpha value is 0.490. The summed E-state index contributed by atoms with van der Waals surface area (Å²) >= 11 is 33.6. The van der Waals surface area contributed by atoms with E-state index >= 15 is 0 Å². The molecule has 0 bridgehead atoms. The molecule has 2 heterocycles. The van der Waals surface area contributed by atoms with Crippen LogP contribution < -0.4 is 11.4 Å². The third-order valence-corrected chi connectivity index (χ3v) is 5.45. The lowest BCUT2D eigenvalue weighted by Crippen LogP contribution is -2.28. The van der Waals surface area contributed by atoms with E-state index in [0.717, 1.165) is 0 Å². The van der Waals surface area contributed by atoms with E-state index in [0.29, 0.717) is 12.8 Å². The molecule has 0 aliphatic carbocycles. The van der Waals surface area contributed by atoms with E-state index < -0.39 is 46.6 Å². The summed E-state index contributed by atoms with van der Waals surface area (Å²) in [6.07, 6.45) is 1.31. The summed E-state index contributed by atoms with van der Waals surface area (Å²) in [6, 6.07) is 1.47. The molecule has 1 saturated heterocycles. The molecule has 0 radical (unpaired) electrons. The average molecular weight is 554 g/mol. The van der Waals surface area contributed by atoms with Crippen LogP contribution in [0.4, 0.5) is 5.82 Å². The number of phosphoric acid groups is 1. The van der Waals surface area contributed by atoms with Crippen LogP contribution in [0, 0.1) is 0 Å². The van der Waals surface area contributed by atoms with Crippen molar-refractivity contribution in [2.45, 2.75) is 32.8 Å². The lowest BCUT2D eigenvalue weighted by atomic mass is 10.2. The van der Waals surface area contributed by atoms with Gasteiger partial charge in [0, 0.05) is 6.20 Å². The minimum absolute atomic E-state index is 0.0993. The third kappa shape index (κ3) is 9.25. The topological polar surface area (TPSA) is 115 Å². The first-order valence-corrected chi connectivity index (χ1v) is 11.7. The van der Waals surface area contributed by atoms with E-state index in [1.807, 2.05) is 0 Å². The molecule has 16 heteroatoms. The molecule has 1 fully saturated rings. The van der Waals surface area contributed by atoms with E-state index in [-0.39, 0.29) is 12.4 Å². The van der Waals surface area contributed by atoms with E-state index in [1.165, 1.54) is 16.8 Å². The number of halogens is 6. The maximum Gasteiger partial charge on any atom is 0.475 e. The number of nitrogens with zero attached hydrogens (tertiary/aromatic N) is 2. The van der Waals surface area contributed by atoms with Crippen LogP contribution in [0.2, 0.25) is 0 Å². The number of hydrogen-bond donors (Lipinski definition) is 1. The Morgan fingerprint density at radius 3 is 2.24 bits per heavy atom. The maximum atomic E-state index is 12.8. The van der Waals surface area contributed by atoms with Crippen molar-refractivity contribution < 1.29 is 22.9 Å². The van der Waals surface area contributed by atoms with Crippen molar-refractivity contribution in [3.63, 3.8) is 0 Å². The van der Waals surface area contributed by atoms with Crippen LogP contribution in [0.5, 0.6) is 0 Å². The highest BCUT2D eigenvalue weighted by molar-refractivity contribution is 7.48. The maximum absolute atomic E-state index is 12.8. The molecule has 2 N–H and O–H groups in total. The minimum atomic E-state index is -4.26. The van der Waals surface area contributed by atoms with Gasteiger partial charge in [0.15, 0.2) is 0 Å². The zero-order chi connectivity index (χ0) is 21.9. The molecule has 2 rings (SSSR count). The van der Waals surface area contributed by atoms with Crippen molar-refractivity contribution in [2.24, 2.45) is 0 Å². The van der Waals surface area contributed by atoms with Crippen LogP contribution in [0.25, 0.3) is 0 Å². The highest BCUT2D eigenvalue weighted by Crippen LogP contribution is 2.53. The molecule has 0 aromatic carbocycles. The molecular formula is C13H16Cl6N3O6P. The second-order valence-electron chi connectivity index (χ2n) is 5.85. The van der Waals surface area contributed by atoms with Gasteiger partial charge in [0.1, 0.15) is 25.3 Å². The van der Waals surface area contributed by atoms with Crippen molar-refractivity contribution in [1.29, 1.82) is 0 Å². The Balaban J connectivity index is 1.97. The fraction of sp³-hybridized carbons (Fsp3) is 0.692. The van der Waals surface area contributed by atoms with Gasteiger partial charge in [0.05, 0.1) is 12.7 Å². The van der Waals surface area contributed by atoms with E-state index in [1.54, 1.807) is 0 Å². The van der Waals surface area contributed by atoms with Gasteiger partial charge in [-0.2, -0.15) is 4.98 Å². The lowest BCUT2D eigenvalue weighted by molar-refractivity contribution is -0.0277. The fourth-order valence-electron chi connectivity index (χ4n) is 2.25. The number of anilines is 1. The second kappa shape index (κ2) is 10.4. The number of phosphoric ester groups is 1. The molecule has 166 valence electrons. The molecule has 0 spiro atoms. The fourth-order valence-corrected chi connectivity index (χ4v) is 4.31. The first kappa shape index (κ1) is 25.7. The van der Waals surface area contributed by atoms with Gasteiger partial charge in [-0.1, -0.05) is 69.6 Å². The van der Waals surface area contributed by atoms with Gasteiger partial charge >= 0.3 is 13.5 Å². The summed E-state index contributed by atoms with van der Waals surface area (Å²) in [4.78, 5) is 15.5. The number of ether oxygens (including phenoxy) is 1. The standard InChI is InChI=1S/C13H16Cl6N3O6P/c14-12(15,16)6-26-29(24,27-7-13(17,18)19)25-5-8-1-2-10(28-8)22-4-3-9(20)21-11(22)23/h3-4,8,10H,1-2,5-7H2,(H2,20,21,23)/t8-,10+/m0/s1. The summed E-state index contributed by atoms with van der Waals surface area (Å²) in [5.41, 5.74) is 4.91. The monoisotopic (exact) mass is 551 g/mol. The van der Waals surface area contributed by atoms with Gasteiger partial charge in [-0.3, -0.25) is 18.1 Å². The molecule has 0 saturated carbocycles. The summed E-state index contributed by atoms with van der Waals surface area (Å²) in [6.45, 7) is -1.42. The van der Waals surface area contributed by atoms with Crippen LogP contribution in [0.1, 0.15) is 19.1 Å². The van der Waals surface area contributed by atoms with Crippen molar-refractivity contribution in [3.8, 4) is 0 Å². The van der Waals surface area contributed by atoms with Crippen LogP contribution in [0.15, 0.2) is 17.1 Å². The smallest absolute Gasteiger partial charge is 0.383 e. The molecule has 9 nitrogen and oxygen atoms in total. The third-order valence-electron chi connectivity index (χ3n) is 3.44. The van der Waals surface area contributed by atoms with Crippen LogP contribution in [-0.4, -0.2) is 43.1 Å². The summed E-state index contributed by atoms with van der Waals surface area (Å²) in [5.74, 6) is 0.0993. The first-order chi connectivity index (χ1) is 13.3. The predicted octanol–water partition coefficient (Wildman–Crippen LogP) is 4.40. The van der Waals surface area contributed by atoms with Crippen molar-refractivity contribution >= 4 is 83.2 Å². The van der Waals surface area contributed by atoms with Gasteiger partial charge in [0.2, 0.25) is 7.59 Å². The van der Waals surface area contributed by atoms with Gasteiger partial charge in [-0.05, 0) is 18.9 Å². The van der Waals surface area contributed by atoms with Crippen LogP contribution >= 0.6 is 77.4 Å².